The smallest absolute Gasteiger partial charge is 0.224 e. The fourth-order valence-corrected chi connectivity index (χ4v) is 1.52. The Morgan fingerprint density at radius 3 is 2.88 bits per heavy atom. The summed E-state index contributed by atoms with van der Waals surface area (Å²) in [4.78, 5) is 11.5. The zero-order valence-electron chi connectivity index (χ0n) is 10.1. The average molecular weight is 237 g/mol. The summed E-state index contributed by atoms with van der Waals surface area (Å²) in [6.07, 6.45) is 1.61. The van der Waals surface area contributed by atoms with Crippen molar-refractivity contribution in [3.63, 3.8) is 0 Å². The minimum absolute atomic E-state index is 0.0404. The first-order chi connectivity index (χ1) is 8.27. The highest BCUT2D eigenvalue weighted by atomic mass is 16.5. The van der Waals surface area contributed by atoms with Gasteiger partial charge in [-0.25, -0.2) is 0 Å². The van der Waals surface area contributed by atoms with Gasteiger partial charge in [0.2, 0.25) is 5.91 Å². The van der Waals surface area contributed by atoms with Crippen LogP contribution < -0.4 is 5.32 Å². The Bertz CT molecular complexity index is 352. The lowest BCUT2D eigenvalue weighted by atomic mass is 10.1. The van der Waals surface area contributed by atoms with Crippen molar-refractivity contribution in [1.29, 1.82) is 0 Å². The molecule has 0 aromatic heterocycles. The highest BCUT2D eigenvalue weighted by molar-refractivity contribution is 5.91. The molecule has 0 saturated heterocycles. The van der Waals surface area contributed by atoms with E-state index in [4.69, 9.17) is 9.84 Å². The van der Waals surface area contributed by atoms with Gasteiger partial charge in [-0.05, 0) is 24.5 Å². The lowest BCUT2D eigenvalue weighted by molar-refractivity contribution is -0.116. The lowest BCUT2D eigenvalue weighted by Gasteiger charge is -2.10. The number of hydrogen-bond acceptors (Lipinski definition) is 3. The first-order valence-electron chi connectivity index (χ1n) is 5.75. The molecule has 0 radical (unpaired) electrons. The van der Waals surface area contributed by atoms with E-state index in [0.717, 1.165) is 17.7 Å². The van der Waals surface area contributed by atoms with Crippen LogP contribution >= 0.6 is 0 Å². The van der Waals surface area contributed by atoms with E-state index in [1.807, 2.05) is 24.3 Å². The second-order valence-corrected chi connectivity index (χ2v) is 3.78. The second-order valence-electron chi connectivity index (χ2n) is 3.78. The predicted molar refractivity (Wildman–Crippen MR) is 67.0 cm³/mol. The number of anilines is 1. The number of amides is 1. The predicted octanol–water partition coefficient (Wildman–Crippen LogP) is 1.59. The van der Waals surface area contributed by atoms with E-state index >= 15 is 0 Å². The van der Waals surface area contributed by atoms with Gasteiger partial charge < -0.3 is 15.2 Å². The van der Waals surface area contributed by atoms with Crippen LogP contribution in [0.2, 0.25) is 0 Å². The SMILES string of the molecule is COCCc1ccccc1NC(=O)CCCO. The molecule has 2 N–H and O–H groups in total. The molecule has 0 spiro atoms. The van der Waals surface area contributed by atoms with Crippen molar-refractivity contribution in [2.24, 2.45) is 0 Å². The zero-order chi connectivity index (χ0) is 12.5. The molecule has 17 heavy (non-hydrogen) atoms. The van der Waals surface area contributed by atoms with Crippen molar-refractivity contribution in [3.8, 4) is 0 Å². The van der Waals surface area contributed by atoms with E-state index in [1.165, 1.54) is 0 Å². The van der Waals surface area contributed by atoms with Crippen LogP contribution in [0.25, 0.3) is 0 Å². The van der Waals surface area contributed by atoms with Crippen molar-refractivity contribution in [3.05, 3.63) is 29.8 Å². The molecule has 0 fully saturated rings. The second kappa shape index (κ2) is 7.81. The summed E-state index contributed by atoms with van der Waals surface area (Å²) in [5, 5.41) is 11.5. The summed E-state index contributed by atoms with van der Waals surface area (Å²) < 4.78 is 5.02. The number of carbonyl (C=O) groups excluding carboxylic acids is 1. The minimum Gasteiger partial charge on any atom is -0.396 e. The molecular weight excluding hydrogens is 218 g/mol. The number of benzene rings is 1. The first-order valence-corrected chi connectivity index (χ1v) is 5.75. The van der Waals surface area contributed by atoms with Crippen molar-refractivity contribution in [1.82, 2.24) is 0 Å². The van der Waals surface area contributed by atoms with Crippen molar-refractivity contribution in [2.45, 2.75) is 19.3 Å². The number of rotatable bonds is 7. The normalized spacial score (nSPS) is 10.2. The fourth-order valence-electron chi connectivity index (χ4n) is 1.52. The number of aliphatic hydroxyl groups is 1. The minimum atomic E-state index is -0.0658. The monoisotopic (exact) mass is 237 g/mol. The molecule has 0 aliphatic heterocycles. The molecule has 4 nitrogen and oxygen atoms in total. The third-order valence-corrected chi connectivity index (χ3v) is 2.43. The van der Waals surface area contributed by atoms with Crippen LogP contribution in [0.1, 0.15) is 18.4 Å². The van der Waals surface area contributed by atoms with Crippen molar-refractivity contribution < 1.29 is 14.6 Å². The number of methoxy groups -OCH3 is 1. The Morgan fingerprint density at radius 1 is 1.41 bits per heavy atom. The number of carbonyl (C=O) groups is 1. The number of aliphatic hydroxyl groups excluding tert-OH is 1. The van der Waals surface area contributed by atoms with Gasteiger partial charge >= 0.3 is 0 Å². The molecule has 0 unspecified atom stereocenters. The average Bonchev–Trinajstić information content (AvgIpc) is 2.35. The maximum Gasteiger partial charge on any atom is 0.224 e. The van der Waals surface area contributed by atoms with Gasteiger partial charge in [-0.15, -0.1) is 0 Å². The quantitative estimate of drug-likeness (QED) is 0.757. The summed E-state index contributed by atoms with van der Waals surface area (Å²) in [5.74, 6) is -0.0658. The van der Waals surface area contributed by atoms with Crippen LogP contribution in [0.3, 0.4) is 0 Å². The molecule has 1 aromatic rings. The Morgan fingerprint density at radius 2 is 2.18 bits per heavy atom. The van der Waals surface area contributed by atoms with Crippen LogP contribution in [0, 0.1) is 0 Å². The Kier molecular flexibility index (Phi) is 6.29. The van der Waals surface area contributed by atoms with Crippen LogP contribution in [0.5, 0.6) is 0 Å². The molecule has 1 amide bonds. The van der Waals surface area contributed by atoms with Gasteiger partial charge in [-0.3, -0.25) is 4.79 Å². The van der Waals surface area contributed by atoms with Crippen molar-refractivity contribution >= 4 is 11.6 Å². The van der Waals surface area contributed by atoms with Gasteiger partial charge in [0.1, 0.15) is 0 Å². The van der Waals surface area contributed by atoms with E-state index in [9.17, 15) is 4.79 Å². The van der Waals surface area contributed by atoms with Crippen LogP contribution in [-0.2, 0) is 16.0 Å². The van der Waals surface area contributed by atoms with Gasteiger partial charge in [-0.2, -0.15) is 0 Å². The highest BCUT2D eigenvalue weighted by Crippen LogP contribution is 2.16. The van der Waals surface area contributed by atoms with E-state index < -0.39 is 0 Å². The van der Waals surface area contributed by atoms with Crippen LogP contribution in [-0.4, -0.2) is 31.3 Å². The Balaban J connectivity index is 2.59. The molecule has 1 rings (SSSR count). The maximum absolute atomic E-state index is 11.5. The molecule has 0 heterocycles. The van der Waals surface area contributed by atoms with Gasteiger partial charge in [0.05, 0.1) is 6.61 Å². The van der Waals surface area contributed by atoms with Gasteiger partial charge in [0.15, 0.2) is 0 Å². The van der Waals surface area contributed by atoms with E-state index in [2.05, 4.69) is 5.32 Å². The topological polar surface area (TPSA) is 58.6 Å². The molecule has 0 saturated carbocycles. The largest absolute Gasteiger partial charge is 0.396 e. The van der Waals surface area contributed by atoms with Gasteiger partial charge in [0.25, 0.3) is 0 Å². The van der Waals surface area contributed by atoms with Gasteiger partial charge in [0, 0.05) is 25.8 Å². The maximum atomic E-state index is 11.5. The zero-order valence-corrected chi connectivity index (χ0v) is 10.1. The molecule has 1 aromatic carbocycles. The first kappa shape index (κ1) is 13.7. The molecule has 94 valence electrons. The molecule has 4 heteroatoms. The van der Waals surface area contributed by atoms with Crippen molar-refractivity contribution in [2.75, 3.05) is 25.6 Å². The third kappa shape index (κ3) is 4.97. The van der Waals surface area contributed by atoms with E-state index in [-0.39, 0.29) is 12.5 Å². The summed E-state index contributed by atoms with van der Waals surface area (Å²) in [7, 11) is 1.66. The summed E-state index contributed by atoms with van der Waals surface area (Å²) >= 11 is 0. The molecular formula is C13H19NO3. The number of ether oxygens (including phenoxy) is 1. The third-order valence-electron chi connectivity index (χ3n) is 2.43. The molecule has 0 aliphatic rings. The number of para-hydroxylation sites is 1. The Labute approximate surface area is 102 Å². The molecule has 0 bridgehead atoms. The van der Waals surface area contributed by atoms with E-state index in [1.54, 1.807) is 7.11 Å². The number of nitrogens with one attached hydrogen (secondary N) is 1. The highest BCUT2D eigenvalue weighted by Gasteiger charge is 2.05. The lowest BCUT2D eigenvalue weighted by Crippen LogP contribution is -2.13. The standard InChI is InChI=1S/C13H19NO3/c1-17-10-8-11-5-2-3-6-12(11)14-13(16)7-4-9-15/h2-3,5-6,15H,4,7-10H2,1H3,(H,14,16). The summed E-state index contributed by atoms with van der Waals surface area (Å²) in [6, 6.07) is 7.68. The number of hydrogen-bond donors (Lipinski definition) is 2. The summed E-state index contributed by atoms with van der Waals surface area (Å²) in [5.41, 5.74) is 1.89. The molecule has 0 aliphatic carbocycles. The summed E-state index contributed by atoms with van der Waals surface area (Å²) in [6.45, 7) is 0.669. The fraction of sp³-hybridized carbons (Fsp3) is 0.462. The van der Waals surface area contributed by atoms with Gasteiger partial charge in [-0.1, -0.05) is 18.2 Å². The van der Waals surface area contributed by atoms with Crippen LogP contribution in [0.15, 0.2) is 24.3 Å². The van der Waals surface area contributed by atoms with Crippen LogP contribution in [0.4, 0.5) is 5.69 Å². The molecule has 0 atom stereocenters. The Hall–Kier alpha value is -1.39. The van der Waals surface area contributed by atoms with E-state index in [0.29, 0.717) is 19.4 Å².